The molecule has 1 unspecified atom stereocenters. The third-order valence-corrected chi connectivity index (χ3v) is 3.39. The van der Waals surface area contributed by atoms with E-state index in [0.29, 0.717) is 17.9 Å². The topological polar surface area (TPSA) is 75.8 Å². The number of hydrogen-bond acceptors (Lipinski definition) is 4. The molecule has 0 aliphatic rings. The highest BCUT2D eigenvalue weighted by molar-refractivity contribution is 5.94. The van der Waals surface area contributed by atoms with E-state index in [2.05, 4.69) is 0 Å². The van der Waals surface area contributed by atoms with Crippen LogP contribution < -0.4 is 5.73 Å². The highest BCUT2D eigenvalue weighted by Gasteiger charge is 2.15. The number of hydrogen-bond donors (Lipinski definition) is 2. The number of carbonyl (C=O) groups is 1. The molecule has 0 fully saturated rings. The molecule has 2 aromatic carbocycles. The zero-order valence-electron chi connectivity index (χ0n) is 13.6. The quantitative estimate of drug-likeness (QED) is 0.751. The van der Waals surface area contributed by atoms with E-state index < -0.39 is 6.10 Å². The number of nitrogen functional groups attached to an aromatic ring is 1. The molecular formula is C18H23ClN2O3. The number of likely N-dealkylation sites (N-methyl/N-ethyl adjacent to an activating group) is 1. The van der Waals surface area contributed by atoms with Gasteiger partial charge in [0.25, 0.3) is 5.91 Å². The lowest BCUT2D eigenvalue weighted by molar-refractivity contribution is 0.0137. The van der Waals surface area contributed by atoms with Crippen LogP contribution in [0.2, 0.25) is 0 Å². The lowest BCUT2D eigenvalue weighted by atomic mass is 10.1. The van der Waals surface area contributed by atoms with Gasteiger partial charge in [-0.15, -0.1) is 12.4 Å². The van der Waals surface area contributed by atoms with Crippen molar-refractivity contribution in [2.75, 3.05) is 25.9 Å². The van der Waals surface area contributed by atoms with Crippen LogP contribution in [0.25, 0.3) is 0 Å². The maximum Gasteiger partial charge on any atom is 0.253 e. The first-order chi connectivity index (χ1) is 11.1. The molecule has 3 N–H and O–H groups in total. The number of carbonyl (C=O) groups excluding carboxylic acids is 1. The third-order valence-electron chi connectivity index (χ3n) is 3.39. The van der Waals surface area contributed by atoms with Gasteiger partial charge in [0.1, 0.15) is 0 Å². The van der Waals surface area contributed by atoms with Crippen molar-refractivity contribution >= 4 is 24.0 Å². The number of rotatable bonds is 7. The van der Waals surface area contributed by atoms with Crippen LogP contribution in [0.5, 0.6) is 0 Å². The Morgan fingerprint density at radius 1 is 1.21 bits per heavy atom. The second-order valence-corrected chi connectivity index (χ2v) is 5.47. The largest absolute Gasteiger partial charge is 0.399 e. The van der Waals surface area contributed by atoms with Gasteiger partial charge in [0, 0.05) is 24.8 Å². The molecule has 0 aromatic heterocycles. The zero-order valence-corrected chi connectivity index (χ0v) is 14.4. The first kappa shape index (κ1) is 20.0. The SMILES string of the molecule is CN(CC(O)COCc1ccccc1)C(=O)c1cccc(N)c1.Cl. The number of benzene rings is 2. The number of nitrogens with two attached hydrogens (primary N) is 1. The van der Waals surface area contributed by atoms with E-state index in [1.807, 2.05) is 30.3 Å². The lowest BCUT2D eigenvalue weighted by Gasteiger charge is -2.21. The monoisotopic (exact) mass is 350 g/mol. The fraction of sp³-hybridized carbons (Fsp3) is 0.278. The second-order valence-electron chi connectivity index (χ2n) is 5.47. The predicted octanol–water partition coefficient (Wildman–Crippen LogP) is 2.34. The van der Waals surface area contributed by atoms with Crippen LogP contribution in [0.15, 0.2) is 54.6 Å². The minimum atomic E-state index is -0.742. The van der Waals surface area contributed by atoms with Gasteiger partial charge in [-0.05, 0) is 23.8 Å². The molecule has 6 heteroatoms. The molecule has 130 valence electrons. The second kappa shape index (κ2) is 9.93. The molecule has 0 aliphatic heterocycles. The summed E-state index contributed by atoms with van der Waals surface area (Å²) in [5.74, 6) is -0.181. The highest BCUT2D eigenvalue weighted by Crippen LogP contribution is 2.09. The van der Waals surface area contributed by atoms with E-state index in [9.17, 15) is 9.90 Å². The van der Waals surface area contributed by atoms with Gasteiger partial charge in [0.15, 0.2) is 0 Å². The Hall–Kier alpha value is -2.08. The van der Waals surface area contributed by atoms with Crippen LogP contribution in [0.3, 0.4) is 0 Å². The number of ether oxygens (including phenoxy) is 1. The van der Waals surface area contributed by atoms with E-state index in [1.54, 1.807) is 31.3 Å². The zero-order chi connectivity index (χ0) is 16.7. The van der Waals surface area contributed by atoms with Crippen LogP contribution in [-0.2, 0) is 11.3 Å². The minimum absolute atomic E-state index is 0. The number of halogens is 1. The molecule has 0 spiro atoms. The molecule has 2 rings (SSSR count). The van der Waals surface area contributed by atoms with Crippen molar-refractivity contribution in [2.24, 2.45) is 0 Å². The van der Waals surface area contributed by atoms with E-state index >= 15 is 0 Å². The van der Waals surface area contributed by atoms with Crippen molar-refractivity contribution in [3.63, 3.8) is 0 Å². The normalized spacial score (nSPS) is 11.4. The number of aliphatic hydroxyl groups excluding tert-OH is 1. The van der Waals surface area contributed by atoms with Gasteiger partial charge < -0.3 is 20.5 Å². The fourth-order valence-electron chi connectivity index (χ4n) is 2.23. The molecule has 0 radical (unpaired) electrons. The maximum absolute atomic E-state index is 12.2. The summed E-state index contributed by atoms with van der Waals surface area (Å²) in [5, 5.41) is 10.0. The summed E-state index contributed by atoms with van der Waals surface area (Å²) < 4.78 is 5.48. The summed E-state index contributed by atoms with van der Waals surface area (Å²) >= 11 is 0. The Kier molecular flexibility index (Phi) is 8.26. The number of aliphatic hydroxyl groups is 1. The number of amides is 1. The van der Waals surface area contributed by atoms with Crippen molar-refractivity contribution in [2.45, 2.75) is 12.7 Å². The average Bonchev–Trinajstić information content (AvgIpc) is 2.55. The highest BCUT2D eigenvalue weighted by atomic mass is 35.5. The van der Waals surface area contributed by atoms with E-state index in [1.165, 1.54) is 4.90 Å². The van der Waals surface area contributed by atoms with Gasteiger partial charge >= 0.3 is 0 Å². The van der Waals surface area contributed by atoms with Gasteiger partial charge in [-0.25, -0.2) is 0 Å². The Balaban J connectivity index is 0.00000288. The molecule has 5 nitrogen and oxygen atoms in total. The van der Waals surface area contributed by atoms with E-state index in [4.69, 9.17) is 10.5 Å². The summed E-state index contributed by atoms with van der Waals surface area (Å²) in [5.41, 5.74) is 7.77. The molecular weight excluding hydrogens is 328 g/mol. The summed E-state index contributed by atoms with van der Waals surface area (Å²) in [6.07, 6.45) is -0.742. The average molecular weight is 351 g/mol. The summed E-state index contributed by atoms with van der Waals surface area (Å²) in [4.78, 5) is 13.7. The van der Waals surface area contributed by atoms with Gasteiger partial charge in [-0.2, -0.15) is 0 Å². The van der Waals surface area contributed by atoms with Crippen molar-refractivity contribution < 1.29 is 14.6 Å². The summed E-state index contributed by atoms with van der Waals surface area (Å²) in [6, 6.07) is 16.5. The smallest absolute Gasteiger partial charge is 0.253 e. The van der Waals surface area contributed by atoms with E-state index in [0.717, 1.165) is 5.56 Å². The molecule has 0 bridgehead atoms. The maximum atomic E-state index is 12.2. The van der Waals surface area contributed by atoms with Crippen LogP contribution in [-0.4, -0.2) is 42.2 Å². The molecule has 0 saturated carbocycles. The summed E-state index contributed by atoms with van der Waals surface area (Å²) in [6.45, 7) is 0.802. The Bertz CT molecular complexity index is 637. The van der Waals surface area contributed by atoms with Crippen molar-refractivity contribution in [3.05, 3.63) is 65.7 Å². The van der Waals surface area contributed by atoms with Crippen molar-refractivity contribution in [1.29, 1.82) is 0 Å². The van der Waals surface area contributed by atoms with Gasteiger partial charge in [-0.3, -0.25) is 4.79 Å². The summed E-state index contributed by atoms with van der Waals surface area (Å²) in [7, 11) is 1.64. The van der Waals surface area contributed by atoms with Gasteiger partial charge in [0.2, 0.25) is 0 Å². The standard InChI is InChI=1S/C18H22N2O3.ClH/c1-20(18(22)15-8-5-9-16(19)10-15)11-17(21)13-23-12-14-6-3-2-4-7-14;/h2-10,17,21H,11-13,19H2,1H3;1H. The number of nitrogens with zero attached hydrogens (tertiary/aromatic N) is 1. The van der Waals surface area contributed by atoms with Crippen molar-refractivity contribution in [1.82, 2.24) is 4.90 Å². The molecule has 0 saturated heterocycles. The Labute approximate surface area is 148 Å². The van der Waals surface area contributed by atoms with Crippen LogP contribution in [0.1, 0.15) is 15.9 Å². The van der Waals surface area contributed by atoms with E-state index in [-0.39, 0.29) is 31.5 Å². The van der Waals surface area contributed by atoms with Crippen LogP contribution in [0.4, 0.5) is 5.69 Å². The minimum Gasteiger partial charge on any atom is -0.399 e. The van der Waals surface area contributed by atoms with Crippen LogP contribution in [0, 0.1) is 0 Å². The molecule has 2 aromatic rings. The van der Waals surface area contributed by atoms with Crippen LogP contribution >= 0.6 is 12.4 Å². The number of anilines is 1. The molecule has 1 atom stereocenters. The van der Waals surface area contributed by atoms with Crippen molar-refractivity contribution in [3.8, 4) is 0 Å². The molecule has 0 heterocycles. The lowest BCUT2D eigenvalue weighted by Crippen LogP contribution is -2.36. The third kappa shape index (κ3) is 6.20. The molecule has 1 amide bonds. The first-order valence-electron chi connectivity index (χ1n) is 7.47. The fourth-order valence-corrected chi connectivity index (χ4v) is 2.23. The van der Waals surface area contributed by atoms with Gasteiger partial charge in [0.05, 0.1) is 19.3 Å². The first-order valence-corrected chi connectivity index (χ1v) is 7.47. The molecule has 24 heavy (non-hydrogen) atoms. The molecule has 0 aliphatic carbocycles. The predicted molar refractivity (Wildman–Crippen MR) is 97.2 cm³/mol. The Morgan fingerprint density at radius 2 is 1.92 bits per heavy atom. The Morgan fingerprint density at radius 3 is 2.58 bits per heavy atom. The van der Waals surface area contributed by atoms with Gasteiger partial charge in [-0.1, -0.05) is 36.4 Å².